The molecule has 84 valence electrons. The lowest BCUT2D eigenvalue weighted by atomic mass is 10.2. The van der Waals surface area contributed by atoms with Crippen molar-refractivity contribution in [3.05, 3.63) is 0 Å². The molecule has 0 aliphatic rings. The van der Waals surface area contributed by atoms with Crippen molar-refractivity contribution in [2.45, 2.75) is 39.7 Å². The second-order valence-corrected chi connectivity index (χ2v) is 3.15. The van der Waals surface area contributed by atoms with E-state index in [0.29, 0.717) is 6.04 Å². The van der Waals surface area contributed by atoms with Gasteiger partial charge in [-0.25, -0.2) is 0 Å². The quantitative estimate of drug-likeness (QED) is 0.760. The number of halogens is 2. The van der Waals surface area contributed by atoms with Crippen LogP contribution in [0.5, 0.6) is 0 Å². The Balaban J connectivity index is -0.000000500. The highest BCUT2D eigenvalue weighted by atomic mass is 35.5. The number of hydrogen-bond donors (Lipinski definition) is 1. The summed E-state index contributed by atoms with van der Waals surface area (Å²) < 4.78 is 0. The lowest BCUT2D eigenvalue weighted by Gasteiger charge is -2.17. The highest BCUT2D eigenvalue weighted by molar-refractivity contribution is 5.85. The summed E-state index contributed by atoms with van der Waals surface area (Å²) in [4.78, 5) is 2.43. The van der Waals surface area contributed by atoms with Gasteiger partial charge in [0.05, 0.1) is 0 Å². The molecule has 0 aromatic carbocycles. The largest absolute Gasteiger partial charge is 0.328 e. The number of nitrogens with zero attached hydrogens (tertiary/aromatic N) is 1. The molecular formula is C9H24Cl2N2. The maximum atomic E-state index is 5.64. The van der Waals surface area contributed by atoms with Crippen LogP contribution in [0.2, 0.25) is 0 Å². The summed E-state index contributed by atoms with van der Waals surface area (Å²) in [6, 6.07) is 0.366. The summed E-state index contributed by atoms with van der Waals surface area (Å²) in [5.74, 6) is 0. The third kappa shape index (κ3) is 12.5. The Morgan fingerprint density at radius 2 is 1.62 bits per heavy atom. The van der Waals surface area contributed by atoms with Crippen molar-refractivity contribution in [1.82, 2.24) is 4.90 Å². The fourth-order valence-corrected chi connectivity index (χ4v) is 1.18. The predicted octanol–water partition coefficient (Wildman–Crippen LogP) is 2.30. The van der Waals surface area contributed by atoms with Gasteiger partial charge in [-0.15, -0.1) is 24.8 Å². The van der Waals surface area contributed by atoms with E-state index in [1.165, 1.54) is 13.0 Å². The van der Waals surface area contributed by atoms with Crippen LogP contribution in [0.25, 0.3) is 0 Å². The Morgan fingerprint density at radius 1 is 1.15 bits per heavy atom. The molecule has 0 aliphatic heterocycles. The fourth-order valence-electron chi connectivity index (χ4n) is 1.18. The van der Waals surface area contributed by atoms with Crippen LogP contribution in [0.1, 0.15) is 33.6 Å². The maximum absolute atomic E-state index is 5.64. The minimum absolute atomic E-state index is 0. The first-order valence-electron chi connectivity index (χ1n) is 4.68. The first kappa shape index (κ1) is 19.1. The molecule has 0 amide bonds. The fraction of sp³-hybridized carbons (Fsp3) is 1.00. The van der Waals surface area contributed by atoms with E-state index in [0.717, 1.165) is 19.5 Å². The van der Waals surface area contributed by atoms with Gasteiger partial charge in [0.15, 0.2) is 0 Å². The van der Waals surface area contributed by atoms with Gasteiger partial charge in [0, 0.05) is 6.04 Å². The monoisotopic (exact) mass is 230 g/mol. The molecule has 2 nitrogen and oxygen atoms in total. The molecule has 0 aromatic heterocycles. The van der Waals surface area contributed by atoms with Crippen molar-refractivity contribution in [2.24, 2.45) is 5.73 Å². The van der Waals surface area contributed by atoms with E-state index in [1.807, 2.05) is 0 Å². The normalized spacial score (nSPS) is 11.8. The lowest BCUT2D eigenvalue weighted by Crippen LogP contribution is -2.25. The van der Waals surface area contributed by atoms with Gasteiger partial charge in [0.2, 0.25) is 0 Å². The zero-order valence-corrected chi connectivity index (χ0v) is 10.6. The minimum atomic E-state index is 0. The molecule has 13 heavy (non-hydrogen) atoms. The lowest BCUT2D eigenvalue weighted by molar-refractivity contribution is 0.294. The average molecular weight is 231 g/mol. The van der Waals surface area contributed by atoms with Crippen LogP contribution in [-0.2, 0) is 0 Å². The van der Waals surface area contributed by atoms with E-state index in [9.17, 15) is 0 Å². The second kappa shape index (κ2) is 12.5. The van der Waals surface area contributed by atoms with Crippen LogP contribution < -0.4 is 5.73 Å². The zero-order chi connectivity index (χ0) is 8.69. The highest BCUT2D eigenvalue weighted by Gasteiger charge is 1.99. The van der Waals surface area contributed by atoms with Crippen molar-refractivity contribution in [3.8, 4) is 0 Å². The Kier molecular flexibility index (Phi) is 18.4. The molecule has 0 heterocycles. The van der Waals surface area contributed by atoms with Gasteiger partial charge in [0.25, 0.3) is 0 Å². The van der Waals surface area contributed by atoms with Gasteiger partial charge >= 0.3 is 0 Å². The Hall–Kier alpha value is 0.500. The molecule has 0 saturated carbocycles. The number of hydrogen-bond acceptors (Lipinski definition) is 2. The summed E-state index contributed by atoms with van der Waals surface area (Å²) in [6.45, 7) is 10.0. The molecule has 0 radical (unpaired) electrons. The van der Waals surface area contributed by atoms with Crippen LogP contribution in [0, 0.1) is 0 Å². The summed E-state index contributed by atoms with van der Waals surface area (Å²) in [5, 5.41) is 0. The average Bonchev–Trinajstić information content (AvgIpc) is 1.98. The van der Waals surface area contributed by atoms with E-state index in [-0.39, 0.29) is 24.8 Å². The van der Waals surface area contributed by atoms with Crippen LogP contribution in [0.15, 0.2) is 0 Å². The van der Waals surface area contributed by atoms with Crippen molar-refractivity contribution in [2.75, 3.05) is 19.6 Å². The smallest absolute Gasteiger partial charge is 0.00109 e. The zero-order valence-electron chi connectivity index (χ0n) is 8.95. The van der Waals surface area contributed by atoms with E-state index >= 15 is 0 Å². The van der Waals surface area contributed by atoms with Gasteiger partial charge in [-0.05, 0) is 39.4 Å². The van der Waals surface area contributed by atoms with E-state index in [2.05, 4.69) is 25.7 Å². The SMILES string of the molecule is CCN(CC)CCCC(C)N.Cl.Cl. The number of nitrogens with two attached hydrogens (primary N) is 1. The maximum Gasteiger partial charge on any atom is 0.00109 e. The van der Waals surface area contributed by atoms with Crippen molar-refractivity contribution in [1.29, 1.82) is 0 Å². The molecular weight excluding hydrogens is 207 g/mol. The van der Waals surface area contributed by atoms with E-state index < -0.39 is 0 Å². The predicted molar refractivity (Wildman–Crippen MR) is 65.2 cm³/mol. The van der Waals surface area contributed by atoms with E-state index in [4.69, 9.17) is 5.73 Å². The second-order valence-electron chi connectivity index (χ2n) is 3.15. The molecule has 0 saturated heterocycles. The first-order chi connectivity index (χ1) is 5.20. The summed E-state index contributed by atoms with van der Waals surface area (Å²) >= 11 is 0. The van der Waals surface area contributed by atoms with Crippen molar-refractivity contribution < 1.29 is 0 Å². The van der Waals surface area contributed by atoms with Crippen LogP contribution in [0.3, 0.4) is 0 Å². The molecule has 0 bridgehead atoms. The molecule has 4 heteroatoms. The third-order valence-corrected chi connectivity index (χ3v) is 2.03. The molecule has 0 rings (SSSR count). The standard InChI is InChI=1S/C9H22N2.2ClH/c1-4-11(5-2)8-6-7-9(3)10;;/h9H,4-8,10H2,1-3H3;2*1H. The summed E-state index contributed by atoms with van der Waals surface area (Å²) in [7, 11) is 0. The van der Waals surface area contributed by atoms with Crippen molar-refractivity contribution >= 4 is 24.8 Å². The Labute approximate surface area is 95.1 Å². The molecule has 2 N–H and O–H groups in total. The van der Waals surface area contributed by atoms with Crippen LogP contribution in [0.4, 0.5) is 0 Å². The summed E-state index contributed by atoms with van der Waals surface area (Å²) in [6.07, 6.45) is 2.38. The van der Waals surface area contributed by atoms with Crippen molar-refractivity contribution in [3.63, 3.8) is 0 Å². The van der Waals surface area contributed by atoms with Gasteiger partial charge in [-0.1, -0.05) is 13.8 Å². The minimum Gasteiger partial charge on any atom is -0.328 e. The molecule has 1 unspecified atom stereocenters. The van der Waals surface area contributed by atoms with Crippen LogP contribution in [-0.4, -0.2) is 30.6 Å². The molecule has 0 aliphatic carbocycles. The van der Waals surface area contributed by atoms with Gasteiger partial charge in [-0.2, -0.15) is 0 Å². The molecule has 1 atom stereocenters. The summed E-state index contributed by atoms with van der Waals surface area (Å²) in [5.41, 5.74) is 5.64. The highest BCUT2D eigenvalue weighted by Crippen LogP contribution is 1.96. The topological polar surface area (TPSA) is 29.3 Å². The van der Waals surface area contributed by atoms with Gasteiger partial charge in [0.1, 0.15) is 0 Å². The third-order valence-electron chi connectivity index (χ3n) is 2.03. The van der Waals surface area contributed by atoms with Gasteiger partial charge < -0.3 is 10.6 Å². The molecule has 0 fully saturated rings. The van der Waals surface area contributed by atoms with E-state index in [1.54, 1.807) is 0 Å². The van der Waals surface area contributed by atoms with Gasteiger partial charge in [-0.3, -0.25) is 0 Å². The first-order valence-corrected chi connectivity index (χ1v) is 4.68. The Morgan fingerprint density at radius 3 is 1.92 bits per heavy atom. The number of rotatable bonds is 6. The van der Waals surface area contributed by atoms with Crippen LogP contribution >= 0.6 is 24.8 Å². The Bertz CT molecular complexity index is 85.7. The molecule has 0 aromatic rings. The molecule has 0 spiro atoms.